The highest BCUT2D eigenvalue weighted by Gasteiger charge is 2.25. The maximum atomic E-state index is 10.3. The summed E-state index contributed by atoms with van der Waals surface area (Å²) in [4.78, 5) is 4.32. The molecule has 0 spiro atoms. The van der Waals surface area contributed by atoms with Crippen LogP contribution in [0.3, 0.4) is 0 Å². The minimum Gasteiger partial charge on any atom is -0.386 e. The predicted molar refractivity (Wildman–Crippen MR) is 62.1 cm³/mol. The van der Waals surface area contributed by atoms with E-state index in [9.17, 15) is 5.11 Å². The Balaban J connectivity index is 2.15. The summed E-state index contributed by atoms with van der Waals surface area (Å²) in [6, 6.07) is 3.96. The molecule has 0 amide bonds. The summed E-state index contributed by atoms with van der Waals surface area (Å²) in [5.41, 5.74) is 1.97. The van der Waals surface area contributed by atoms with Crippen LogP contribution in [0.1, 0.15) is 37.1 Å². The van der Waals surface area contributed by atoms with Crippen molar-refractivity contribution in [2.75, 3.05) is 13.2 Å². The second-order valence-corrected chi connectivity index (χ2v) is 4.32. The molecular weight excluding hydrogens is 202 g/mol. The third-order valence-electron chi connectivity index (χ3n) is 3.23. The topological polar surface area (TPSA) is 42.4 Å². The van der Waals surface area contributed by atoms with Crippen LogP contribution in [0.4, 0.5) is 0 Å². The molecule has 0 radical (unpaired) electrons. The molecule has 1 fully saturated rings. The highest BCUT2D eigenvalue weighted by atomic mass is 16.5. The van der Waals surface area contributed by atoms with Gasteiger partial charge in [-0.3, -0.25) is 4.98 Å². The van der Waals surface area contributed by atoms with Gasteiger partial charge in [0.05, 0.1) is 12.3 Å². The van der Waals surface area contributed by atoms with Gasteiger partial charge in [0.15, 0.2) is 0 Å². The zero-order valence-electron chi connectivity index (χ0n) is 9.72. The van der Waals surface area contributed by atoms with Crippen molar-refractivity contribution in [2.45, 2.75) is 32.3 Å². The van der Waals surface area contributed by atoms with E-state index < -0.39 is 6.10 Å². The molecule has 1 aromatic rings. The van der Waals surface area contributed by atoms with Gasteiger partial charge >= 0.3 is 0 Å². The lowest BCUT2D eigenvalue weighted by Gasteiger charge is -2.27. The van der Waals surface area contributed by atoms with Crippen molar-refractivity contribution in [2.24, 2.45) is 5.92 Å². The van der Waals surface area contributed by atoms with Crippen LogP contribution >= 0.6 is 0 Å². The number of hydrogen-bond acceptors (Lipinski definition) is 3. The van der Waals surface area contributed by atoms with E-state index in [1.54, 1.807) is 6.20 Å². The third-order valence-corrected chi connectivity index (χ3v) is 3.23. The second kappa shape index (κ2) is 5.41. The first-order valence-corrected chi connectivity index (χ1v) is 6.02. The van der Waals surface area contributed by atoms with Gasteiger partial charge in [-0.25, -0.2) is 0 Å². The van der Waals surface area contributed by atoms with E-state index in [4.69, 9.17) is 4.74 Å². The van der Waals surface area contributed by atoms with E-state index in [0.29, 0.717) is 6.61 Å². The fraction of sp³-hybridized carbons (Fsp3) is 0.615. The number of nitrogens with zero attached hydrogens (tertiary/aromatic N) is 1. The fourth-order valence-corrected chi connectivity index (χ4v) is 2.25. The molecule has 88 valence electrons. The maximum absolute atomic E-state index is 10.3. The Kier molecular flexibility index (Phi) is 3.91. The van der Waals surface area contributed by atoms with Crippen molar-refractivity contribution in [3.63, 3.8) is 0 Å². The van der Waals surface area contributed by atoms with Crippen molar-refractivity contribution in [1.29, 1.82) is 0 Å². The molecule has 16 heavy (non-hydrogen) atoms. The molecule has 2 unspecified atom stereocenters. The molecule has 3 heteroatoms. The van der Waals surface area contributed by atoms with E-state index in [1.165, 1.54) is 0 Å². The molecule has 1 N–H and O–H groups in total. The summed E-state index contributed by atoms with van der Waals surface area (Å²) in [6.07, 6.45) is 4.25. The Morgan fingerprint density at radius 2 is 2.50 bits per heavy atom. The summed E-state index contributed by atoms with van der Waals surface area (Å²) >= 11 is 0. The molecular formula is C13H19NO2. The smallest absolute Gasteiger partial charge is 0.101 e. The lowest BCUT2D eigenvalue weighted by atomic mass is 9.91. The second-order valence-electron chi connectivity index (χ2n) is 4.32. The number of aliphatic hydroxyl groups excluding tert-OH is 1. The number of ether oxygens (including phenoxy) is 1. The monoisotopic (exact) mass is 221 g/mol. The van der Waals surface area contributed by atoms with Gasteiger partial charge in [-0.05, 0) is 30.9 Å². The lowest BCUT2D eigenvalue weighted by molar-refractivity contribution is -0.0118. The Bertz CT molecular complexity index is 334. The third kappa shape index (κ3) is 2.42. The molecule has 1 saturated heterocycles. The summed E-state index contributed by atoms with van der Waals surface area (Å²) in [5, 5.41) is 10.3. The molecule has 3 nitrogen and oxygen atoms in total. The molecule has 0 aliphatic carbocycles. The molecule has 0 bridgehead atoms. The highest BCUT2D eigenvalue weighted by Crippen LogP contribution is 2.29. The summed E-state index contributed by atoms with van der Waals surface area (Å²) in [7, 11) is 0. The van der Waals surface area contributed by atoms with Crippen LogP contribution < -0.4 is 0 Å². The minimum absolute atomic E-state index is 0.203. The van der Waals surface area contributed by atoms with E-state index in [2.05, 4.69) is 11.9 Å². The molecule has 1 aliphatic rings. The average Bonchev–Trinajstić information content (AvgIpc) is 2.39. The number of rotatable bonds is 3. The molecule has 0 aromatic carbocycles. The van der Waals surface area contributed by atoms with Gasteiger partial charge in [-0.1, -0.05) is 13.0 Å². The quantitative estimate of drug-likeness (QED) is 0.850. The Morgan fingerprint density at radius 3 is 3.19 bits per heavy atom. The van der Waals surface area contributed by atoms with Gasteiger partial charge in [0.25, 0.3) is 0 Å². The molecule has 2 atom stereocenters. The summed E-state index contributed by atoms with van der Waals surface area (Å²) < 4.78 is 5.41. The molecule has 0 saturated carbocycles. The van der Waals surface area contributed by atoms with Gasteiger partial charge in [-0.2, -0.15) is 0 Å². The molecule has 1 aromatic heterocycles. The van der Waals surface area contributed by atoms with Crippen LogP contribution in [-0.4, -0.2) is 23.3 Å². The van der Waals surface area contributed by atoms with Gasteiger partial charge in [0, 0.05) is 18.7 Å². The Hall–Kier alpha value is -0.930. The van der Waals surface area contributed by atoms with Crippen molar-refractivity contribution >= 4 is 0 Å². The SMILES string of the molecule is CCc1cccnc1C(O)C1CCCOC1. The number of aryl methyl sites for hydroxylation is 1. The number of hydrogen-bond donors (Lipinski definition) is 1. The fourth-order valence-electron chi connectivity index (χ4n) is 2.25. The van der Waals surface area contributed by atoms with Gasteiger partial charge < -0.3 is 9.84 Å². The van der Waals surface area contributed by atoms with Gasteiger partial charge in [0.2, 0.25) is 0 Å². The minimum atomic E-state index is -0.476. The number of aromatic nitrogens is 1. The molecule has 2 heterocycles. The Labute approximate surface area is 96.5 Å². The number of aliphatic hydroxyl groups is 1. The predicted octanol–water partition coefficient (Wildman–Crippen LogP) is 2.10. The average molecular weight is 221 g/mol. The highest BCUT2D eigenvalue weighted by molar-refractivity contribution is 5.22. The first-order valence-electron chi connectivity index (χ1n) is 6.02. The Morgan fingerprint density at radius 1 is 1.62 bits per heavy atom. The van der Waals surface area contributed by atoms with Crippen LogP contribution in [0.15, 0.2) is 18.3 Å². The van der Waals surface area contributed by atoms with Gasteiger partial charge in [0.1, 0.15) is 6.10 Å². The first kappa shape index (κ1) is 11.6. The van der Waals surface area contributed by atoms with Crippen LogP contribution in [0.5, 0.6) is 0 Å². The van der Waals surface area contributed by atoms with Crippen LogP contribution in [-0.2, 0) is 11.2 Å². The van der Waals surface area contributed by atoms with Crippen molar-refractivity contribution in [1.82, 2.24) is 4.98 Å². The van der Waals surface area contributed by atoms with Gasteiger partial charge in [-0.15, -0.1) is 0 Å². The van der Waals surface area contributed by atoms with Crippen molar-refractivity contribution < 1.29 is 9.84 Å². The zero-order valence-corrected chi connectivity index (χ0v) is 9.72. The van der Waals surface area contributed by atoms with E-state index in [0.717, 1.165) is 37.1 Å². The summed E-state index contributed by atoms with van der Waals surface area (Å²) in [6.45, 7) is 3.57. The standard InChI is InChI=1S/C13H19NO2/c1-2-10-5-3-7-14-12(10)13(15)11-6-4-8-16-9-11/h3,5,7,11,13,15H,2,4,6,8-9H2,1H3. The lowest BCUT2D eigenvalue weighted by Crippen LogP contribution is -2.25. The zero-order chi connectivity index (χ0) is 11.4. The van der Waals surface area contributed by atoms with E-state index in [1.807, 2.05) is 12.1 Å². The summed E-state index contributed by atoms with van der Waals surface area (Å²) in [5.74, 6) is 0.203. The maximum Gasteiger partial charge on any atom is 0.101 e. The van der Waals surface area contributed by atoms with Crippen molar-refractivity contribution in [3.05, 3.63) is 29.6 Å². The van der Waals surface area contributed by atoms with Crippen LogP contribution in [0.2, 0.25) is 0 Å². The van der Waals surface area contributed by atoms with Crippen LogP contribution in [0.25, 0.3) is 0 Å². The largest absolute Gasteiger partial charge is 0.386 e. The first-order chi connectivity index (χ1) is 7.83. The molecule has 1 aliphatic heterocycles. The van der Waals surface area contributed by atoms with E-state index in [-0.39, 0.29) is 5.92 Å². The van der Waals surface area contributed by atoms with Crippen LogP contribution in [0, 0.1) is 5.92 Å². The number of pyridine rings is 1. The van der Waals surface area contributed by atoms with Crippen molar-refractivity contribution in [3.8, 4) is 0 Å². The normalized spacial score (nSPS) is 23.0. The molecule has 2 rings (SSSR count). The van der Waals surface area contributed by atoms with E-state index >= 15 is 0 Å².